The smallest absolute Gasteiger partial charge is 0.0809 e. The van der Waals surface area contributed by atoms with Crippen molar-refractivity contribution in [3.63, 3.8) is 0 Å². The minimum Gasteiger partial charge on any atom is -0.395 e. The molecule has 0 radical (unpaired) electrons. The van der Waals surface area contributed by atoms with Gasteiger partial charge in [-0.3, -0.25) is 9.88 Å². The van der Waals surface area contributed by atoms with Gasteiger partial charge in [-0.2, -0.15) is 0 Å². The standard InChI is InChI=1S/C13H16N2OS/c16-9-11-2-1-4-15(11)8-10-6-13-12(14-7-10)3-5-17-13/h3,5-7,11,16H,1-2,4,8-9H2/t11-/m1/s1. The summed E-state index contributed by atoms with van der Waals surface area (Å²) in [5, 5.41) is 11.4. The quantitative estimate of drug-likeness (QED) is 0.905. The fraction of sp³-hybridized carbons (Fsp3) is 0.462. The molecule has 0 amide bonds. The highest BCUT2D eigenvalue weighted by Gasteiger charge is 2.23. The maximum absolute atomic E-state index is 9.30. The van der Waals surface area contributed by atoms with Crippen molar-refractivity contribution in [2.24, 2.45) is 0 Å². The third kappa shape index (κ3) is 2.20. The van der Waals surface area contributed by atoms with Crippen LogP contribution in [0, 0.1) is 0 Å². The maximum atomic E-state index is 9.30. The number of fused-ring (bicyclic) bond motifs is 1. The fourth-order valence-corrected chi connectivity index (χ4v) is 3.32. The van der Waals surface area contributed by atoms with Crippen molar-refractivity contribution >= 4 is 21.6 Å². The summed E-state index contributed by atoms with van der Waals surface area (Å²) >= 11 is 1.74. The number of hydrogen-bond acceptors (Lipinski definition) is 4. The molecule has 1 fully saturated rings. The van der Waals surface area contributed by atoms with Gasteiger partial charge in [0.2, 0.25) is 0 Å². The molecule has 0 bridgehead atoms. The number of aromatic nitrogens is 1. The van der Waals surface area contributed by atoms with Crippen molar-refractivity contribution < 1.29 is 5.11 Å². The number of pyridine rings is 1. The summed E-state index contributed by atoms with van der Waals surface area (Å²) in [4.78, 5) is 6.81. The number of likely N-dealkylation sites (tertiary alicyclic amines) is 1. The number of rotatable bonds is 3. The Labute approximate surface area is 105 Å². The normalized spacial score (nSPS) is 21.4. The SMILES string of the molecule is OC[C@H]1CCCN1Cc1cnc2ccsc2c1. The largest absolute Gasteiger partial charge is 0.395 e. The third-order valence-corrected chi connectivity index (χ3v) is 4.31. The number of aliphatic hydroxyl groups is 1. The topological polar surface area (TPSA) is 36.4 Å². The predicted molar refractivity (Wildman–Crippen MR) is 70.1 cm³/mol. The summed E-state index contributed by atoms with van der Waals surface area (Å²) in [6, 6.07) is 4.62. The molecule has 0 unspecified atom stereocenters. The molecule has 0 aromatic carbocycles. The van der Waals surface area contributed by atoms with E-state index < -0.39 is 0 Å². The van der Waals surface area contributed by atoms with E-state index in [4.69, 9.17) is 0 Å². The van der Waals surface area contributed by atoms with E-state index >= 15 is 0 Å². The van der Waals surface area contributed by atoms with Crippen LogP contribution in [-0.2, 0) is 6.54 Å². The van der Waals surface area contributed by atoms with Crippen LogP contribution in [-0.4, -0.2) is 34.2 Å². The van der Waals surface area contributed by atoms with E-state index in [2.05, 4.69) is 27.4 Å². The van der Waals surface area contributed by atoms with Gasteiger partial charge in [0, 0.05) is 18.8 Å². The van der Waals surface area contributed by atoms with E-state index in [1.807, 2.05) is 6.20 Å². The molecule has 1 N–H and O–H groups in total. The highest BCUT2D eigenvalue weighted by atomic mass is 32.1. The second-order valence-corrected chi connectivity index (χ2v) is 5.54. The zero-order valence-corrected chi connectivity index (χ0v) is 10.5. The summed E-state index contributed by atoms with van der Waals surface area (Å²) in [5.41, 5.74) is 2.33. The molecule has 2 aromatic heterocycles. The van der Waals surface area contributed by atoms with E-state index in [9.17, 15) is 5.11 Å². The van der Waals surface area contributed by atoms with E-state index in [0.29, 0.717) is 6.04 Å². The summed E-state index contributed by atoms with van der Waals surface area (Å²) in [6.07, 6.45) is 4.27. The van der Waals surface area contributed by atoms with Crippen LogP contribution in [0.4, 0.5) is 0 Å². The van der Waals surface area contributed by atoms with Gasteiger partial charge in [0.25, 0.3) is 0 Å². The Morgan fingerprint density at radius 3 is 3.35 bits per heavy atom. The van der Waals surface area contributed by atoms with Crippen LogP contribution in [0.3, 0.4) is 0 Å². The minimum absolute atomic E-state index is 0.272. The van der Waals surface area contributed by atoms with Gasteiger partial charge in [0.1, 0.15) is 0 Å². The van der Waals surface area contributed by atoms with Gasteiger partial charge in [0.05, 0.1) is 16.8 Å². The van der Waals surface area contributed by atoms with Gasteiger partial charge in [-0.1, -0.05) is 0 Å². The van der Waals surface area contributed by atoms with Crippen LogP contribution in [0.2, 0.25) is 0 Å². The number of hydrogen-bond donors (Lipinski definition) is 1. The molecule has 2 aromatic rings. The summed E-state index contributed by atoms with van der Waals surface area (Å²) in [6.45, 7) is 2.27. The lowest BCUT2D eigenvalue weighted by atomic mass is 10.2. The molecule has 1 atom stereocenters. The molecule has 1 aliphatic rings. The molecule has 4 heteroatoms. The average Bonchev–Trinajstić information content (AvgIpc) is 2.96. The van der Waals surface area contributed by atoms with E-state index in [1.165, 1.54) is 16.7 Å². The summed E-state index contributed by atoms with van der Waals surface area (Å²) in [5.74, 6) is 0. The van der Waals surface area contributed by atoms with Gasteiger partial charge in [-0.25, -0.2) is 0 Å². The molecule has 90 valence electrons. The van der Waals surface area contributed by atoms with Gasteiger partial charge in [-0.05, 0) is 42.5 Å². The van der Waals surface area contributed by atoms with Crippen LogP contribution < -0.4 is 0 Å². The van der Waals surface area contributed by atoms with E-state index in [0.717, 1.165) is 25.0 Å². The first-order chi connectivity index (χ1) is 8.36. The molecule has 3 heterocycles. The first kappa shape index (κ1) is 11.1. The van der Waals surface area contributed by atoms with Crippen molar-refractivity contribution in [1.82, 2.24) is 9.88 Å². The van der Waals surface area contributed by atoms with E-state index in [-0.39, 0.29) is 6.61 Å². The Balaban J connectivity index is 1.79. The van der Waals surface area contributed by atoms with Gasteiger partial charge < -0.3 is 5.11 Å². The van der Waals surface area contributed by atoms with Crippen LogP contribution >= 0.6 is 11.3 Å². The molecular formula is C13H16N2OS. The Hall–Kier alpha value is -0.970. The van der Waals surface area contributed by atoms with Crippen molar-refractivity contribution in [3.05, 3.63) is 29.3 Å². The maximum Gasteiger partial charge on any atom is 0.0809 e. The van der Waals surface area contributed by atoms with Gasteiger partial charge in [-0.15, -0.1) is 11.3 Å². The van der Waals surface area contributed by atoms with Crippen molar-refractivity contribution in [1.29, 1.82) is 0 Å². The van der Waals surface area contributed by atoms with Crippen molar-refractivity contribution in [2.45, 2.75) is 25.4 Å². The highest BCUT2D eigenvalue weighted by molar-refractivity contribution is 7.17. The summed E-state index contributed by atoms with van der Waals surface area (Å²) in [7, 11) is 0. The molecule has 0 aliphatic carbocycles. The van der Waals surface area contributed by atoms with Gasteiger partial charge in [0.15, 0.2) is 0 Å². The molecule has 1 saturated heterocycles. The van der Waals surface area contributed by atoms with Crippen LogP contribution in [0.25, 0.3) is 10.2 Å². The molecule has 3 nitrogen and oxygen atoms in total. The number of thiophene rings is 1. The summed E-state index contributed by atoms with van der Waals surface area (Å²) < 4.78 is 1.25. The molecule has 3 rings (SSSR count). The first-order valence-electron chi connectivity index (χ1n) is 6.04. The zero-order chi connectivity index (χ0) is 11.7. The first-order valence-corrected chi connectivity index (χ1v) is 6.92. The van der Waals surface area contributed by atoms with Crippen LogP contribution in [0.15, 0.2) is 23.7 Å². The van der Waals surface area contributed by atoms with Gasteiger partial charge >= 0.3 is 0 Å². The van der Waals surface area contributed by atoms with Crippen LogP contribution in [0.1, 0.15) is 18.4 Å². The lowest BCUT2D eigenvalue weighted by molar-refractivity contribution is 0.153. The second kappa shape index (κ2) is 4.72. The highest BCUT2D eigenvalue weighted by Crippen LogP contribution is 2.23. The minimum atomic E-state index is 0.272. The predicted octanol–water partition coefficient (Wildman–Crippen LogP) is 2.25. The molecule has 0 spiro atoms. The Kier molecular flexibility index (Phi) is 3.09. The Bertz CT molecular complexity index is 511. The number of aliphatic hydroxyl groups excluding tert-OH is 1. The van der Waals surface area contributed by atoms with Crippen molar-refractivity contribution in [3.8, 4) is 0 Å². The monoisotopic (exact) mass is 248 g/mol. The second-order valence-electron chi connectivity index (χ2n) is 4.60. The molecule has 0 saturated carbocycles. The molecular weight excluding hydrogens is 232 g/mol. The van der Waals surface area contributed by atoms with Crippen LogP contribution in [0.5, 0.6) is 0 Å². The zero-order valence-electron chi connectivity index (χ0n) is 9.67. The number of nitrogens with zero attached hydrogens (tertiary/aromatic N) is 2. The third-order valence-electron chi connectivity index (χ3n) is 3.45. The molecule has 17 heavy (non-hydrogen) atoms. The average molecular weight is 248 g/mol. The Morgan fingerprint density at radius 2 is 2.47 bits per heavy atom. The Morgan fingerprint density at radius 1 is 1.53 bits per heavy atom. The lowest BCUT2D eigenvalue weighted by Crippen LogP contribution is -2.31. The lowest BCUT2D eigenvalue weighted by Gasteiger charge is -2.22. The fourth-order valence-electron chi connectivity index (χ4n) is 2.52. The van der Waals surface area contributed by atoms with E-state index in [1.54, 1.807) is 11.3 Å². The van der Waals surface area contributed by atoms with Crippen molar-refractivity contribution in [2.75, 3.05) is 13.2 Å². The molecule has 1 aliphatic heterocycles.